The molecule has 1 N–H and O–H groups in total. The first-order chi connectivity index (χ1) is 12.6. The summed E-state index contributed by atoms with van der Waals surface area (Å²) in [6, 6.07) is 8.96. The monoisotopic (exact) mass is 350 g/mol. The molecule has 0 saturated heterocycles. The summed E-state index contributed by atoms with van der Waals surface area (Å²) in [5.74, 6) is 1.80. The fourth-order valence-electron chi connectivity index (χ4n) is 3.83. The molecular formula is C21H18O5. The highest BCUT2D eigenvalue weighted by Crippen LogP contribution is 2.52. The molecule has 0 fully saturated rings. The van der Waals surface area contributed by atoms with Gasteiger partial charge in [-0.15, -0.1) is 0 Å². The second-order valence-electron chi connectivity index (χ2n) is 6.19. The van der Waals surface area contributed by atoms with Crippen molar-refractivity contribution in [3.63, 3.8) is 0 Å². The van der Waals surface area contributed by atoms with Crippen LogP contribution in [0.1, 0.15) is 21.5 Å². The second-order valence-corrected chi connectivity index (χ2v) is 6.19. The maximum atomic E-state index is 11.7. The molecule has 5 nitrogen and oxygen atoms in total. The first-order valence-corrected chi connectivity index (χ1v) is 8.18. The zero-order valence-corrected chi connectivity index (χ0v) is 14.8. The lowest BCUT2D eigenvalue weighted by Gasteiger charge is -2.16. The number of phenolic OH excluding ortho intramolecular Hbond substituents is 1. The van der Waals surface area contributed by atoms with E-state index in [0.717, 1.165) is 39.3 Å². The Kier molecular flexibility index (Phi) is 3.72. The summed E-state index contributed by atoms with van der Waals surface area (Å²) < 4.78 is 16.5. The van der Waals surface area contributed by atoms with Crippen molar-refractivity contribution in [3.05, 3.63) is 47.0 Å². The predicted molar refractivity (Wildman–Crippen MR) is 98.9 cm³/mol. The number of carbonyl (C=O) groups is 1. The molecule has 3 aromatic carbocycles. The Hall–Kier alpha value is -3.21. The SMILES string of the molecule is COc1cc2c(c(OC)c1)-c1c(c(C=O)cc3ccc(O)c(OC)c13)C2. The van der Waals surface area contributed by atoms with Gasteiger partial charge >= 0.3 is 0 Å². The second kappa shape index (κ2) is 5.95. The van der Waals surface area contributed by atoms with E-state index >= 15 is 0 Å². The molecule has 0 aliphatic heterocycles. The number of aromatic hydroxyl groups is 1. The summed E-state index contributed by atoms with van der Waals surface area (Å²) in [7, 11) is 4.74. The number of benzene rings is 3. The summed E-state index contributed by atoms with van der Waals surface area (Å²) in [4.78, 5) is 11.7. The van der Waals surface area contributed by atoms with E-state index in [4.69, 9.17) is 14.2 Å². The van der Waals surface area contributed by atoms with Crippen LogP contribution in [-0.2, 0) is 6.42 Å². The molecule has 132 valence electrons. The van der Waals surface area contributed by atoms with E-state index in [0.29, 0.717) is 29.2 Å². The van der Waals surface area contributed by atoms with E-state index in [9.17, 15) is 9.90 Å². The lowest BCUT2D eigenvalue weighted by molar-refractivity contribution is 0.112. The zero-order chi connectivity index (χ0) is 18.4. The van der Waals surface area contributed by atoms with Crippen molar-refractivity contribution in [2.75, 3.05) is 21.3 Å². The Morgan fingerprint density at radius 3 is 2.46 bits per heavy atom. The lowest BCUT2D eigenvalue weighted by atomic mass is 9.93. The number of ether oxygens (including phenoxy) is 3. The standard InChI is InChI=1S/C21H18O5/c1-24-14-7-12-8-15-13(10-22)6-11-4-5-16(23)21(26-3)19(11)20(15)18(12)17(9-14)25-2/h4-7,9-10,23H,8H2,1-3H3. The molecule has 0 unspecified atom stereocenters. The van der Waals surface area contributed by atoms with Crippen LogP contribution in [0.5, 0.6) is 23.0 Å². The van der Waals surface area contributed by atoms with Gasteiger partial charge in [0.15, 0.2) is 11.5 Å². The van der Waals surface area contributed by atoms with Crippen LogP contribution in [0.4, 0.5) is 0 Å². The molecule has 0 aromatic heterocycles. The van der Waals surface area contributed by atoms with E-state index < -0.39 is 0 Å². The van der Waals surface area contributed by atoms with Gasteiger partial charge in [-0.05, 0) is 41.1 Å². The fourth-order valence-corrected chi connectivity index (χ4v) is 3.83. The minimum atomic E-state index is 0.0574. The molecule has 1 aliphatic carbocycles. The van der Waals surface area contributed by atoms with Crippen LogP contribution in [-0.4, -0.2) is 32.7 Å². The first-order valence-electron chi connectivity index (χ1n) is 8.18. The number of carbonyl (C=O) groups excluding carboxylic acids is 1. The Morgan fingerprint density at radius 2 is 1.81 bits per heavy atom. The third kappa shape index (κ3) is 2.13. The summed E-state index contributed by atoms with van der Waals surface area (Å²) in [6.45, 7) is 0. The predicted octanol–water partition coefficient (Wildman–Crippen LogP) is 3.95. The number of aldehydes is 1. The average Bonchev–Trinajstić information content (AvgIpc) is 3.06. The van der Waals surface area contributed by atoms with Gasteiger partial charge in [-0.1, -0.05) is 6.07 Å². The lowest BCUT2D eigenvalue weighted by Crippen LogP contribution is -1.95. The largest absolute Gasteiger partial charge is 0.504 e. The van der Waals surface area contributed by atoms with E-state index in [2.05, 4.69) is 0 Å². The third-order valence-electron chi connectivity index (χ3n) is 4.94. The molecule has 3 aromatic rings. The van der Waals surface area contributed by atoms with Crippen LogP contribution in [0, 0.1) is 0 Å². The van der Waals surface area contributed by atoms with Gasteiger partial charge in [0.2, 0.25) is 0 Å². The highest BCUT2D eigenvalue weighted by molar-refractivity contribution is 6.10. The first kappa shape index (κ1) is 16.3. The number of methoxy groups -OCH3 is 3. The Morgan fingerprint density at radius 1 is 1.00 bits per heavy atom. The van der Waals surface area contributed by atoms with Crippen molar-refractivity contribution < 1.29 is 24.1 Å². The van der Waals surface area contributed by atoms with Crippen molar-refractivity contribution in [2.45, 2.75) is 6.42 Å². The molecule has 0 spiro atoms. The van der Waals surface area contributed by atoms with Gasteiger partial charge < -0.3 is 19.3 Å². The fraction of sp³-hybridized carbons (Fsp3) is 0.190. The van der Waals surface area contributed by atoms with Crippen molar-refractivity contribution in [3.8, 4) is 34.1 Å². The maximum absolute atomic E-state index is 11.7. The molecular weight excluding hydrogens is 332 g/mol. The van der Waals surface area contributed by atoms with Crippen molar-refractivity contribution in [2.24, 2.45) is 0 Å². The number of rotatable bonds is 4. The highest BCUT2D eigenvalue weighted by Gasteiger charge is 2.30. The summed E-state index contributed by atoms with van der Waals surface area (Å²) in [6.07, 6.45) is 1.45. The topological polar surface area (TPSA) is 65.0 Å². The zero-order valence-electron chi connectivity index (χ0n) is 14.8. The molecule has 1 aliphatic rings. The Balaban J connectivity index is 2.19. The van der Waals surface area contributed by atoms with Gasteiger partial charge in [0.1, 0.15) is 17.8 Å². The van der Waals surface area contributed by atoms with Gasteiger partial charge in [0, 0.05) is 28.1 Å². The summed E-state index contributed by atoms with van der Waals surface area (Å²) in [5.41, 5.74) is 4.31. The molecule has 0 atom stereocenters. The smallest absolute Gasteiger partial charge is 0.168 e. The van der Waals surface area contributed by atoms with Crippen LogP contribution >= 0.6 is 0 Å². The van der Waals surface area contributed by atoms with E-state index in [-0.39, 0.29) is 5.75 Å². The van der Waals surface area contributed by atoms with Gasteiger partial charge in [-0.25, -0.2) is 0 Å². The Labute approximate surface area is 150 Å². The van der Waals surface area contributed by atoms with Crippen LogP contribution in [0.15, 0.2) is 30.3 Å². The summed E-state index contributed by atoms with van der Waals surface area (Å²) in [5, 5.41) is 11.9. The van der Waals surface area contributed by atoms with Crippen LogP contribution in [0.3, 0.4) is 0 Å². The van der Waals surface area contributed by atoms with Gasteiger partial charge in [-0.3, -0.25) is 4.79 Å². The summed E-state index contributed by atoms with van der Waals surface area (Å²) >= 11 is 0. The highest BCUT2D eigenvalue weighted by atomic mass is 16.5. The molecule has 0 amide bonds. The molecule has 0 bridgehead atoms. The van der Waals surface area contributed by atoms with Gasteiger partial charge in [0.05, 0.1) is 21.3 Å². The molecule has 26 heavy (non-hydrogen) atoms. The molecule has 0 heterocycles. The minimum absolute atomic E-state index is 0.0574. The number of hydrogen-bond donors (Lipinski definition) is 1. The average molecular weight is 350 g/mol. The number of phenols is 1. The number of fused-ring (bicyclic) bond motifs is 5. The molecule has 0 radical (unpaired) electrons. The van der Waals surface area contributed by atoms with Crippen LogP contribution in [0.25, 0.3) is 21.9 Å². The minimum Gasteiger partial charge on any atom is -0.504 e. The third-order valence-corrected chi connectivity index (χ3v) is 4.94. The van der Waals surface area contributed by atoms with Gasteiger partial charge in [0.25, 0.3) is 0 Å². The maximum Gasteiger partial charge on any atom is 0.168 e. The molecule has 0 saturated carbocycles. The van der Waals surface area contributed by atoms with Crippen molar-refractivity contribution >= 4 is 17.1 Å². The van der Waals surface area contributed by atoms with Gasteiger partial charge in [-0.2, -0.15) is 0 Å². The van der Waals surface area contributed by atoms with E-state index in [1.54, 1.807) is 26.4 Å². The normalized spacial score (nSPS) is 11.8. The van der Waals surface area contributed by atoms with Crippen molar-refractivity contribution in [1.82, 2.24) is 0 Å². The van der Waals surface area contributed by atoms with Crippen molar-refractivity contribution in [1.29, 1.82) is 0 Å². The van der Waals surface area contributed by atoms with Crippen LogP contribution < -0.4 is 14.2 Å². The Bertz CT molecular complexity index is 1050. The van der Waals surface area contributed by atoms with E-state index in [1.807, 2.05) is 18.2 Å². The number of hydrogen-bond acceptors (Lipinski definition) is 5. The quantitative estimate of drug-likeness (QED) is 0.565. The van der Waals surface area contributed by atoms with E-state index in [1.165, 1.54) is 7.11 Å². The molecule has 4 rings (SSSR count). The van der Waals surface area contributed by atoms with Crippen LogP contribution in [0.2, 0.25) is 0 Å². The molecule has 5 heteroatoms.